The summed E-state index contributed by atoms with van der Waals surface area (Å²) in [6, 6.07) is 4.66. The Morgan fingerprint density at radius 2 is 2.00 bits per heavy atom. The first-order valence-electron chi connectivity index (χ1n) is 5.94. The fourth-order valence-electron chi connectivity index (χ4n) is 3.24. The first-order chi connectivity index (χ1) is 7.74. The van der Waals surface area contributed by atoms with E-state index in [2.05, 4.69) is 5.32 Å². The molecule has 2 aliphatic rings. The van der Waals surface area contributed by atoms with E-state index in [1.807, 2.05) is 0 Å². The van der Waals surface area contributed by atoms with Gasteiger partial charge in [-0.25, -0.2) is 8.78 Å². The van der Waals surface area contributed by atoms with Gasteiger partial charge in [0, 0.05) is 6.04 Å². The Kier molecular flexibility index (Phi) is 2.34. The summed E-state index contributed by atoms with van der Waals surface area (Å²) >= 11 is 0. The molecule has 0 aromatic heterocycles. The highest BCUT2D eigenvalue weighted by Gasteiger charge is 2.39. The third-order valence-electron chi connectivity index (χ3n) is 4.03. The number of fused-ring (bicyclic) bond motifs is 2. The molecule has 3 atom stereocenters. The normalized spacial score (nSPS) is 32.0. The van der Waals surface area contributed by atoms with E-state index in [0.29, 0.717) is 17.6 Å². The average Bonchev–Trinajstić information content (AvgIpc) is 2.86. The fourth-order valence-corrected chi connectivity index (χ4v) is 3.24. The second kappa shape index (κ2) is 3.72. The number of benzene rings is 1. The van der Waals surface area contributed by atoms with Crippen molar-refractivity contribution in [1.82, 2.24) is 0 Å². The minimum Gasteiger partial charge on any atom is -0.380 e. The van der Waals surface area contributed by atoms with Crippen molar-refractivity contribution >= 4 is 5.69 Å². The zero-order chi connectivity index (χ0) is 11.1. The van der Waals surface area contributed by atoms with Crippen molar-refractivity contribution in [2.45, 2.75) is 31.7 Å². The lowest BCUT2D eigenvalue weighted by atomic mass is 9.95. The number of rotatable bonds is 2. The topological polar surface area (TPSA) is 12.0 Å². The van der Waals surface area contributed by atoms with Crippen molar-refractivity contribution in [3.8, 4) is 0 Å². The molecule has 0 amide bonds. The molecule has 1 aromatic rings. The second-order valence-corrected chi connectivity index (χ2v) is 5.03. The van der Waals surface area contributed by atoms with Crippen LogP contribution in [0.3, 0.4) is 0 Å². The molecule has 2 fully saturated rings. The van der Waals surface area contributed by atoms with Crippen LogP contribution in [0.2, 0.25) is 0 Å². The molecular weight excluding hydrogens is 208 g/mol. The molecule has 0 saturated heterocycles. The molecule has 1 aromatic carbocycles. The molecule has 86 valence electrons. The first kappa shape index (κ1) is 10.1. The monoisotopic (exact) mass is 223 g/mol. The van der Waals surface area contributed by atoms with Crippen LogP contribution in [0.15, 0.2) is 18.2 Å². The van der Waals surface area contributed by atoms with Gasteiger partial charge in [-0.3, -0.25) is 0 Å². The SMILES string of the molecule is Fc1cccc(NC2CC3CCC2C3)c1F. The van der Waals surface area contributed by atoms with Gasteiger partial charge >= 0.3 is 0 Å². The van der Waals surface area contributed by atoms with Crippen molar-refractivity contribution in [3.63, 3.8) is 0 Å². The standard InChI is InChI=1S/C13H15F2N/c14-10-2-1-3-11(13(10)15)16-12-7-8-4-5-9(12)6-8/h1-3,8-9,12,16H,4-7H2. The number of hydrogen-bond acceptors (Lipinski definition) is 1. The summed E-state index contributed by atoms with van der Waals surface area (Å²) < 4.78 is 26.5. The van der Waals surface area contributed by atoms with Gasteiger partial charge in [0.1, 0.15) is 0 Å². The molecule has 16 heavy (non-hydrogen) atoms. The Bertz CT molecular complexity index is 405. The lowest BCUT2D eigenvalue weighted by Crippen LogP contribution is -2.26. The van der Waals surface area contributed by atoms with Gasteiger partial charge in [0.05, 0.1) is 5.69 Å². The van der Waals surface area contributed by atoms with Gasteiger partial charge in [-0.05, 0) is 43.2 Å². The molecule has 2 aliphatic carbocycles. The smallest absolute Gasteiger partial charge is 0.181 e. The molecule has 0 radical (unpaired) electrons. The fraction of sp³-hybridized carbons (Fsp3) is 0.538. The van der Waals surface area contributed by atoms with Crippen LogP contribution in [0, 0.1) is 23.5 Å². The van der Waals surface area contributed by atoms with E-state index in [1.54, 1.807) is 12.1 Å². The lowest BCUT2D eigenvalue weighted by molar-refractivity contribution is 0.436. The minimum absolute atomic E-state index is 0.317. The van der Waals surface area contributed by atoms with Crippen LogP contribution in [0.5, 0.6) is 0 Å². The highest BCUT2D eigenvalue weighted by molar-refractivity contribution is 5.46. The Labute approximate surface area is 93.9 Å². The molecular formula is C13H15F2N. The van der Waals surface area contributed by atoms with E-state index in [0.717, 1.165) is 18.4 Å². The van der Waals surface area contributed by atoms with E-state index in [4.69, 9.17) is 0 Å². The summed E-state index contributed by atoms with van der Waals surface area (Å²) in [4.78, 5) is 0. The lowest BCUT2D eigenvalue weighted by Gasteiger charge is -2.24. The molecule has 2 bridgehead atoms. The molecule has 3 rings (SSSR count). The molecule has 1 nitrogen and oxygen atoms in total. The molecule has 1 N–H and O–H groups in total. The maximum Gasteiger partial charge on any atom is 0.181 e. The Morgan fingerprint density at radius 3 is 2.69 bits per heavy atom. The van der Waals surface area contributed by atoms with E-state index in [-0.39, 0.29) is 0 Å². The molecule has 3 heteroatoms. The van der Waals surface area contributed by atoms with Gasteiger partial charge in [0.2, 0.25) is 0 Å². The van der Waals surface area contributed by atoms with Crippen LogP contribution in [-0.2, 0) is 0 Å². The maximum atomic E-state index is 13.5. The Hall–Kier alpha value is -1.12. The van der Waals surface area contributed by atoms with Crippen molar-refractivity contribution in [2.75, 3.05) is 5.32 Å². The average molecular weight is 223 g/mol. The number of nitrogens with one attached hydrogen (secondary N) is 1. The quantitative estimate of drug-likeness (QED) is 0.808. The zero-order valence-electron chi connectivity index (χ0n) is 9.05. The summed E-state index contributed by atoms with van der Waals surface area (Å²) in [6.45, 7) is 0. The van der Waals surface area contributed by atoms with Gasteiger partial charge in [-0.15, -0.1) is 0 Å². The van der Waals surface area contributed by atoms with Gasteiger partial charge in [-0.1, -0.05) is 12.5 Å². The molecule has 0 aliphatic heterocycles. The van der Waals surface area contributed by atoms with E-state index in [9.17, 15) is 8.78 Å². The highest BCUT2D eigenvalue weighted by Crippen LogP contribution is 2.45. The van der Waals surface area contributed by atoms with Gasteiger partial charge < -0.3 is 5.32 Å². The molecule has 0 heterocycles. The van der Waals surface area contributed by atoms with Crippen molar-refractivity contribution in [3.05, 3.63) is 29.8 Å². The van der Waals surface area contributed by atoms with Crippen LogP contribution in [0.4, 0.5) is 14.5 Å². The van der Waals surface area contributed by atoms with Crippen molar-refractivity contribution in [2.24, 2.45) is 11.8 Å². The van der Waals surface area contributed by atoms with Crippen molar-refractivity contribution < 1.29 is 8.78 Å². The number of anilines is 1. The largest absolute Gasteiger partial charge is 0.380 e. The third kappa shape index (κ3) is 1.58. The van der Waals surface area contributed by atoms with Gasteiger partial charge in [-0.2, -0.15) is 0 Å². The summed E-state index contributed by atoms with van der Waals surface area (Å²) in [7, 11) is 0. The molecule has 0 spiro atoms. The van der Waals surface area contributed by atoms with Crippen molar-refractivity contribution in [1.29, 1.82) is 0 Å². The number of halogens is 2. The first-order valence-corrected chi connectivity index (χ1v) is 5.94. The van der Waals surface area contributed by atoms with Gasteiger partial charge in [0.15, 0.2) is 11.6 Å². The van der Waals surface area contributed by atoms with Crippen LogP contribution < -0.4 is 5.32 Å². The summed E-state index contributed by atoms with van der Waals surface area (Å²) in [5.74, 6) is -0.0507. The van der Waals surface area contributed by atoms with Crippen LogP contribution in [0.1, 0.15) is 25.7 Å². The summed E-state index contributed by atoms with van der Waals surface area (Å²) in [5.41, 5.74) is 0.317. The van der Waals surface area contributed by atoms with Crippen LogP contribution in [0.25, 0.3) is 0 Å². The molecule has 2 saturated carbocycles. The van der Waals surface area contributed by atoms with Crippen LogP contribution >= 0.6 is 0 Å². The van der Waals surface area contributed by atoms with E-state index in [1.165, 1.54) is 19.3 Å². The van der Waals surface area contributed by atoms with E-state index < -0.39 is 11.6 Å². The zero-order valence-corrected chi connectivity index (χ0v) is 9.05. The third-order valence-corrected chi connectivity index (χ3v) is 4.03. The minimum atomic E-state index is -0.770. The Morgan fingerprint density at radius 1 is 1.12 bits per heavy atom. The van der Waals surface area contributed by atoms with Gasteiger partial charge in [0.25, 0.3) is 0 Å². The predicted molar refractivity (Wildman–Crippen MR) is 59.2 cm³/mol. The number of hydrogen-bond donors (Lipinski definition) is 1. The Balaban J connectivity index is 1.77. The summed E-state index contributed by atoms with van der Waals surface area (Å²) in [5, 5.41) is 3.17. The highest BCUT2D eigenvalue weighted by atomic mass is 19.2. The predicted octanol–water partition coefficient (Wildman–Crippen LogP) is 3.57. The maximum absolute atomic E-state index is 13.5. The second-order valence-electron chi connectivity index (χ2n) is 5.03. The van der Waals surface area contributed by atoms with Crippen LogP contribution in [-0.4, -0.2) is 6.04 Å². The van der Waals surface area contributed by atoms with E-state index >= 15 is 0 Å². The molecule has 3 unspecified atom stereocenters. The summed E-state index contributed by atoms with van der Waals surface area (Å²) in [6.07, 6.45) is 4.92.